The first-order valence-corrected chi connectivity index (χ1v) is 6.57. The Bertz CT molecular complexity index is 603. The number of ketones is 2. The van der Waals surface area contributed by atoms with Crippen LogP contribution < -0.4 is 4.74 Å². The average Bonchev–Trinajstić information content (AvgIpc) is 2.48. The van der Waals surface area contributed by atoms with Crippen molar-refractivity contribution in [3.8, 4) is 11.5 Å². The summed E-state index contributed by atoms with van der Waals surface area (Å²) in [5.41, 5.74) is 0.500. The van der Waals surface area contributed by atoms with Gasteiger partial charge < -0.3 is 4.74 Å². The van der Waals surface area contributed by atoms with Crippen molar-refractivity contribution in [2.75, 3.05) is 0 Å². The highest BCUT2D eigenvalue weighted by molar-refractivity contribution is 6.08. The molecule has 0 saturated heterocycles. The van der Waals surface area contributed by atoms with Crippen molar-refractivity contribution in [3.05, 3.63) is 60.2 Å². The summed E-state index contributed by atoms with van der Waals surface area (Å²) < 4.78 is 5.66. The molecule has 3 heteroatoms. The highest BCUT2D eigenvalue weighted by Gasteiger charge is 2.11. The number of Topliss-reactive ketones (excluding diaryl/α,β-unsaturated/α-hetero) is 2. The predicted octanol–water partition coefficient (Wildman–Crippen LogP) is 4.03. The van der Waals surface area contributed by atoms with Gasteiger partial charge in [0, 0.05) is 12.0 Å². The van der Waals surface area contributed by atoms with Gasteiger partial charge in [0.1, 0.15) is 17.3 Å². The summed E-state index contributed by atoms with van der Waals surface area (Å²) in [5.74, 6) is 1.08. The molecule has 0 atom stereocenters. The molecule has 0 spiro atoms. The van der Waals surface area contributed by atoms with Gasteiger partial charge in [-0.25, -0.2) is 0 Å². The zero-order chi connectivity index (χ0) is 14.4. The van der Waals surface area contributed by atoms with Gasteiger partial charge in [-0.3, -0.25) is 9.59 Å². The van der Waals surface area contributed by atoms with Crippen LogP contribution in [0.25, 0.3) is 0 Å². The first kappa shape index (κ1) is 14.0. The van der Waals surface area contributed by atoms with Crippen LogP contribution in [0.3, 0.4) is 0 Å². The highest BCUT2D eigenvalue weighted by Crippen LogP contribution is 2.22. The fourth-order valence-electron chi connectivity index (χ4n) is 1.76. The molecule has 20 heavy (non-hydrogen) atoms. The second kappa shape index (κ2) is 6.66. The first-order valence-electron chi connectivity index (χ1n) is 6.57. The molecular weight excluding hydrogens is 252 g/mol. The largest absolute Gasteiger partial charge is 0.457 e. The van der Waals surface area contributed by atoms with Crippen molar-refractivity contribution in [1.29, 1.82) is 0 Å². The summed E-state index contributed by atoms with van der Waals surface area (Å²) in [7, 11) is 0. The van der Waals surface area contributed by atoms with Crippen LogP contribution in [-0.2, 0) is 4.79 Å². The maximum atomic E-state index is 11.9. The molecule has 0 aliphatic heterocycles. The Hall–Kier alpha value is -2.42. The molecule has 0 bridgehead atoms. The van der Waals surface area contributed by atoms with Gasteiger partial charge in [0.2, 0.25) is 0 Å². The van der Waals surface area contributed by atoms with Gasteiger partial charge in [-0.15, -0.1) is 0 Å². The number of ether oxygens (including phenoxy) is 1. The molecule has 0 radical (unpaired) electrons. The summed E-state index contributed by atoms with van der Waals surface area (Å²) >= 11 is 0. The van der Waals surface area contributed by atoms with Gasteiger partial charge in [-0.1, -0.05) is 37.3 Å². The second-order valence-corrected chi connectivity index (χ2v) is 4.44. The number of carbonyl (C=O) groups is 2. The SMILES string of the molecule is CCC(=O)CC(=O)c1cccc(Oc2ccccc2)c1. The number of hydrogen-bond acceptors (Lipinski definition) is 3. The zero-order valence-corrected chi connectivity index (χ0v) is 11.3. The third kappa shape index (κ3) is 3.79. The van der Waals surface area contributed by atoms with Crippen LogP contribution in [0.1, 0.15) is 30.1 Å². The maximum absolute atomic E-state index is 11.9. The topological polar surface area (TPSA) is 43.4 Å². The summed E-state index contributed by atoms with van der Waals surface area (Å²) in [6, 6.07) is 16.2. The van der Waals surface area contributed by atoms with Crippen LogP contribution in [0, 0.1) is 0 Å². The van der Waals surface area contributed by atoms with E-state index >= 15 is 0 Å². The molecule has 0 unspecified atom stereocenters. The minimum absolute atomic E-state index is 0.0503. The Kier molecular flexibility index (Phi) is 4.66. The summed E-state index contributed by atoms with van der Waals surface area (Å²) in [4.78, 5) is 23.3. The van der Waals surface area contributed by atoms with Crippen molar-refractivity contribution >= 4 is 11.6 Å². The van der Waals surface area contributed by atoms with E-state index in [0.29, 0.717) is 23.5 Å². The van der Waals surface area contributed by atoms with Gasteiger partial charge in [-0.2, -0.15) is 0 Å². The number of para-hydroxylation sites is 1. The van der Waals surface area contributed by atoms with E-state index < -0.39 is 0 Å². The van der Waals surface area contributed by atoms with Crippen LogP contribution >= 0.6 is 0 Å². The predicted molar refractivity (Wildman–Crippen MR) is 77.2 cm³/mol. The smallest absolute Gasteiger partial charge is 0.170 e. The van der Waals surface area contributed by atoms with Crippen molar-refractivity contribution in [3.63, 3.8) is 0 Å². The van der Waals surface area contributed by atoms with Crippen molar-refractivity contribution in [2.45, 2.75) is 19.8 Å². The Morgan fingerprint density at radius 1 is 0.950 bits per heavy atom. The Morgan fingerprint density at radius 2 is 1.65 bits per heavy atom. The van der Waals surface area contributed by atoms with Crippen LogP contribution in [-0.4, -0.2) is 11.6 Å². The molecule has 0 aromatic heterocycles. The van der Waals surface area contributed by atoms with E-state index in [1.807, 2.05) is 30.3 Å². The van der Waals surface area contributed by atoms with E-state index in [9.17, 15) is 9.59 Å². The molecular formula is C17H16O3. The fraction of sp³-hybridized carbons (Fsp3) is 0.176. The number of hydrogen-bond donors (Lipinski definition) is 0. The fourth-order valence-corrected chi connectivity index (χ4v) is 1.76. The molecule has 2 aromatic rings. The van der Waals surface area contributed by atoms with Crippen molar-refractivity contribution in [2.24, 2.45) is 0 Å². The normalized spacial score (nSPS) is 10.1. The van der Waals surface area contributed by atoms with Crippen LogP contribution in [0.5, 0.6) is 11.5 Å². The number of rotatable bonds is 6. The lowest BCUT2D eigenvalue weighted by Gasteiger charge is -2.07. The average molecular weight is 268 g/mol. The summed E-state index contributed by atoms with van der Waals surface area (Å²) in [6.45, 7) is 1.75. The number of benzene rings is 2. The van der Waals surface area contributed by atoms with Gasteiger partial charge in [0.15, 0.2) is 5.78 Å². The molecule has 0 heterocycles. The lowest BCUT2D eigenvalue weighted by molar-refractivity contribution is -0.117. The Labute approximate surface area is 118 Å². The standard InChI is InChI=1S/C17H16O3/c1-2-14(18)12-17(19)13-7-6-10-16(11-13)20-15-8-4-3-5-9-15/h3-11H,2,12H2,1H3. The third-order valence-electron chi connectivity index (χ3n) is 2.89. The molecule has 0 amide bonds. The summed E-state index contributed by atoms with van der Waals surface area (Å²) in [5, 5.41) is 0. The Morgan fingerprint density at radius 3 is 2.35 bits per heavy atom. The van der Waals surface area contributed by atoms with Crippen LogP contribution in [0.4, 0.5) is 0 Å². The number of carbonyl (C=O) groups excluding carboxylic acids is 2. The quantitative estimate of drug-likeness (QED) is 0.586. The van der Waals surface area contributed by atoms with Gasteiger partial charge in [0.25, 0.3) is 0 Å². The van der Waals surface area contributed by atoms with E-state index in [1.54, 1.807) is 31.2 Å². The molecule has 102 valence electrons. The first-order chi connectivity index (χ1) is 9.69. The molecule has 2 rings (SSSR count). The maximum Gasteiger partial charge on any atom is 0.170 e. The minimum atomic E-state index is -0.171. The molecule has 3 nitrogen and oxygen atoms in total. The Balaban J connectivity index is 2.12. The monoisotopic (exact) mass is 268 g/mol. The minimum Gasteiger partial charge on any atom is -0.457 e. The summed E-state index contributed by atoms with van der Waals surface area (Å²) in [6.07, 6.45) is 0.331. The molecule has 0 aliphatic carbocycles. The molecule has 0 aliphatic rings. The zero-order valence-electron chi connectivity index (χ0n) is 11.3. The van der Waals surface area contributed by atoms with Gasteiger partial charge in [0.05, 0.1) is 6.42 Å². The van der Waals surface area contributed by atoms with E-state index in [1.165, 1.54) is 0 Å². The van der Waals surface area contributed by atoms with Gasteiger partial charge >= 0.3 is 0 Å². The van der Waals surface area contributed by atoms with Crippen LogP contribution in [0.15, 0.2) is 54.6 Å². The lowest BCUT2D eigenvalue weighted by Crippen LogP contribution is -2.06. The van der Waals surface area contributed by atoms with Crippen LogP contribution in [0.2, 0.25) is 0 Å². The molecule has 0 fully saturated rings. The lowest BCUT2D eigenvalue weighted by atomic mass is 10.0. The highest BCUT2D eigenvalue weighted by atomic mass is 16.5. The van der Waals surface area contributed by atoms with Crippen molar-refractivity contribution in [1.82, 2.24) is 0 Å². The van der Waals surface area contributed by atoms with Crippen molar-refractivity contribution < 1.29 is 14.3 Å². The molecule has 0 N–H and O–H groups in total. The second-order valence-electron chi connectivity index (χ2n) is 4.44. The van der Waals surface area contributed by atoms with E-state index in [0.717, 1.165) is 0 Å². The molecule has 2 aromatic carbocycles. The molecule has 0 saturated carbocycles. The van der Waals surface area contributed by atoms with E-state index in [2.05, 4.69) is 0 Å². The van der Waals surface area contributed by atoms with Gasteiger partial charge in [-0.05, 0) is 24.3 Å². The third-order valence-corrected chi connectivity index (χ3v) is 2.89. The van der Waals surface area contributed by atoms with E-state index in [4.69, 9.17) is 4.74 Å². The van der Waals surface area contributed by atoms with E-state index in [-0.39, 0.29) is 18.0 Å².